The number of aromatic nitrogens is 4. The van der Waals surface area contributed by atoms with Crippen molar-refractivity contribution in [2.24, 2.45) is 0 Å². The second kappa shape index (κ2) is 8.75. The van der Waals surface area contributed by atoms with Crippen molar-refractivity contribution < 1.29 is 13.9 Å². The molecule has 0 bridgehead atoms. The summed E-state index contributed by atoms with van der Waals surface area (Å²) in [7, 11) is 0. The van der Waals surface area contributed by atoms with E-state index < -0.39 is 17.1 Å². The molecule has 0 spiro atoms. The van der Waals surface area contributed by atoms with E-state index in [1.54, 1.807) is 20.0 Å². The van der Waals surface area contributed by atoms with Crippen LogP contribution in [-0.2, 0) is 10.2 Å². The van der Waals surface area contributed by atoms with Crippen LogP contribution in [0.25, 0.3) is 5.65 Å². The molecule has 0 unspecified atom stereocenters. The van der Waals surface area contributed by atoms with Crippen LogP contribution in [0.1, 0.15) is 29.8 Å². The number of amides is 1. The first kappa shape index (κ1) is 22.9. The topological polar surface area (TPSA) is 138 Å². The number of piperazine rings is 1. The molecule has 0 atom stereocenters. The summed E-state index contributed by atoms with van der Waals surface area (Å²) < 4.78 is 21.6. The van der Waals surface area contributed by atoms with E-state index in [0.717, 1.165) is 32.5 Å². The Hall–Kier alpha value is -3.82. The van der Waals surface area contributed by atoms with Gasteiger partial charge in [-0.05, 0) is 13.8 Å². The third-order valence-electron chi connectivity index (χ3n) is 6.62. The quantitative estimate of drug-likeness (QED) is 0.556. The minimum absolute atomic E-state index is 0.0239. The Morgan fingerprint density at radius 3 is 2.66 bits per heavy atom. The fourth-order valence-electron chi connectivity index (χ4n) is 4.33. The largest absolute Gasteiger partial charge is 0.381 e. The number of nitrogens with two attached hydrogens (primary N) is 1. The van der Waals surface area contributed by atoms with Gasteiger partial charge in [0, 0.05) is 44.1 Å². The first-order chi connectivity index (χ1) is 16.8. The number of pyridine rings is 1. The normalized spacial score (nSPS) is 17.3. The Morgan fingerprint density at radius 1 is 1.26 bits per heavy atom. The van der Waals surface area contributed by atoms with Gasteiger partial charge in [0.15, 0.2) is 17.3 Å². The number of nitrogens with zero attached hydrogens (tertiary/aromatic N) is 7. The van der Waals surface area contributed by atoms with Crippen LogP contribution in [0.3, 0.4) is 0 Å². The van der Waals surface area contributed by atoms with E-state index >= 15 is 0 Å². The average Bonchev–Trinajstić information content (AvgIpc) is 3.14. The SMILES string of the molecule is CC(C)(C#N)c1cnc2c(C(=O)Nc3cncc(F)c3N3CCN(C4COC4)CC3)c(N)nn2c1. The zero-order valence-electron chi connectivity index (χ0n) is 19.5. The molecule has 35 heavy (non-hydrogen) atoms. The number of fused-ring (bicyclic) bond motifs is 1. The number of nitriles is 1. The number of nitrogen functional groups attached to an aromatic ring is 1. The van der Waals surface area contributed by atoms with Gasteiger partial charge in [-0.25, -0.2) is 13.9 Å². The van der Waals surface area contributed by atoms with Crippen LogP contribution in [0.2, 0.25) is 0 Å². The second-order valence-corrected chi connectivity index (χ2v) is 9.29. The molecule has 1 amide bonds. The predicted octanol–water partition coefficient (Wildman–Crippen LogP) is 1.42. The van der Waals surface area contributed by atoms with E-state index in [1.807, 2.05) is 4.90 Å². The molecule has 0 radical (unpaired) electrons. The molecular formula is C23H26FN9O2. The number of ether oxygens (including phenoxy) is 1. The summed E-state index contributed by atoms with van der Waals surface area (Å²) in [4.78, 5) is 25.8. The van der Waals surface area contributed by atoms with Gasteiger partial charge < -0.3 is 20.7 Å². The Labute approximate surface area is 201 Å². The molecule has 3 N–H and O–H groups in total. The van der Waals surface area contributed by atoms with Crippen LogP contribution in [0.5, 0.6) is 0 Å². The molecule has 2 aliphatic heterocycles. The summed E-state index contributed by atoms with van der Waals surface area (Å²) in [5.41, 5.74) is 6.74. The fourth-order valence-corrected chi connectivity index (χ4v) is 4.33. The Balaban J connectivity index is 1.40. The number of nitrogens with one attached hydrogen (secondary N) is 1. The molecule has 3 aromatic heterocycles. The number of hydrogen-bond donors (Lipinski definition) is 2. The van der Waals surface area contributed by atoms with Gasteiger partial charge >= 0.3 is 0 Å². The van der Waals surface area contributed by atoms with E-state index in [9.17, 15) is 14.4 Å². The van der Waals surface area contributed by atoms with Crippen molar-refractivity contribution in [3.05, 3.63) is 41.7 Å². The maximum Gasteiger partial charge on any atom is 0.263 e. The molecule has 11 nitrogen and oxygen atoms in total. The van der Waals surface area contributed by atoms with Gasteiger partial charge in [0.05, 0.1) is 48.8 Å². The van der Waals surface area contributed by atoms with Crippen LogP contribution in [0.4, 0.5) is 21.6 Å². The molecule has 2 aliphatic rings. The average molecular weight is 480 g/mol. The van der Waals surface area contributed by atoms with E-state index in [2.05, 4.69) is 31.4 Å². The first-order valence-electron chi connectivity index (χ1n) is 11.4. The zero-order valence-corrected chi connectivity index (χ0v) is 19.5. The van der Waals surface area contributed by atoms with E-state index in [4.69, 9.17) is 10.5 Å². The molecule has 182 valence electrons. The van der Waals surface area contributed by atoms with Gasteiger partial charge in [0.25, 0.3) is 5.91 Å². The highest BCUT2D eigenvalue weighted by Crippen LogP contribution is 2.31. The maximum absolute atomic E-state index is 14.9. The summed E-state index contributed by atoms with van der Waals surface area (Å²) in [6.07, 6.45) is 5.71. The van der Waals surface area contributed by atoms with Crippen LogP contribution in [0.15, 0.2) is 24.8 Å². The molecule has 12 heteroatoms. The van der Waals surface area contributed by atoms with Gasteiger partial charge in [-0.3, -0.25) is 14.7 Å². The summed E-state index contributed by atoms with van der Waals surface area (Å²) in [5.74, 6) is -1.11. The first-order valence-corrected chi connectivity index (χ1v) is 11.4. The number of carbonyl (C=O) groups is 1. The lowest BCUT2D eigenvalue weighted by atomic mass is 9.89. The Morgan fingerprint density at radius 2 is 2.00 bits per heavy atom. The van der Waals surface area contributed by atoms with Gasteiger partial charge in [-0.15, -0.1) is 5.10 Å². The van der Waals surface area contributed by atoms with Crippen molar-refractivity contribution in [2.45, 2.75) is 25.3 Å². The smallest absolute Gasteiger partial charge is 0.263 e. The lowest BCUT2D eigenvalue weighted by Gasteiger charge is -2.43. The van der Waals surface area contributed by atoms with Gasteiger partial charge in [0.2, 0.25) is 0 Å². The van der Waals surface area contributed by atoms with Crippen molar-refractivity contribution >= 4 is 28.7 Å². The van der Waals surface area contributed by atoms with E-state index in [1.165, 1.54) is 16.9 Å². The summed E-state index contributed by atoms with van der Waals surface area (Å²) >= 11 is 0. The summed E-state index contributed by atoms with van der Waals surface area (Å²) in [6, 6.07) is 2.63. The highest BCUT2D eigenvalue weighted by molar-refractivity contribution is 6.12. The number of carbonyl (C=O) groups excluding carboxylic acids is 1. The van der Waals surface area contributed by atoms with Gasteiger partial charge in [0.1, 0.15) is 11.3 Å². The van der Waals surface area contributed by atoms with Crippen LogP contribution < -0.4 is 16.0 Å². The minimum atomic E-state index is -0.790. The van der Waals surface area contributed by atoms with E-state index in [-0.39, 0.29) is 22.7 Å². The Bertz CT molecular complexity index is 1320. The van der Waals surface area contributed by atoms with Crippen molar-refractivity contribution in [1.29, 1.82) is 5.26 Å². The van der Waals surface area contributed by atoms with Crippen molar-refractivity contribution in [3.63, 3.8) is 0 Å². The lowest BCUT2D eigenvalue weighted by molar-refractivity contribution is -0.0660. The van der Waals surface area contributed by atoms with Crippen molar-refractivity contribution in [2.75, 3.05) is 55.3 Å². The number of anilines is 3. The molecule has 5 rings (SSSR count). The molecule has 5 heterocycles. The highest BCUT2D eigenvalue weighted by Gasteiger charge is 2.31. The fraction of sp³-hybridized carbons (Fsp3) is 0.435. The summed E-state index contributed by atoms with van der Waals surface area (Å²) in [5, 5.41) is 16.4. The molecular weight excluding hydrogens is 453 g/mol. The third-order valence-corrected chi connectivity index (χ3v) is 6.62. The minimum Gasteiger partial charge on any atom is -0.381 e. The highest BCUT2D eigenvalue weighted by atomic mass is 19.1. The third kappa shape index (κ3) is 4.13. The molecule has 2 saturated heterocycles. The molecule has 0 aromatic carbocycles. The maximum atomic E-state index is 14.9. The molecule has 3 aromatic rings. The standard InChI is InChI=1S/C23H26FN9O2/c1-23(2,13-25)14-7-28-21-18(20(26)30-33(21)10-14)22(34)29-17-9-27-8-16(24)19(17)32-5-3-31(4-6-32)15-11-35-12-15/h7-10,15H,3-6,11-12H2,1-2H3,(H2,26,30)(H,29,34). The number of hydrogen-bond acceptors (Lipinski definition) is 9. The van der Waals surface area contributed by atoms with Crippen LogP contribution in [-0.4, -0.2) is 75.8 Å². The Kier molecular flexibility index (Phi) is 5.74. The molecule has 2 fully saturated rings. The van der Waals surface area contributed by atoms with E-state index in [0.29, 0.717) is 30.4 Å². The van der Waals surface area contributed by atoms with Crippen molar-refractivity contribution in [3.8, 4) is 6.07 Å². The zero-order chi connectivity index (χ0) is 24.7. The monoisotopic (exact) mass is 479 g/mol. The number of halogens is 1. The van der Waals surface area contributed by atoms with Gasteiger partial charge in [-0.2, -0.15) is 5.26 Å². The summed E-state index contributed by atoms with van der Waals surface area (Å²) in [6.45, 7) is 7.75. The van der Waals surface area contributed by atoms with Crippen LogP contribution >= 0.6 is 0 Å². The molecule has 0 saturated carbocycles. The number of rotatable bonds is 5. The van der Waals surface area contributed by atoms with Crippen molar-refractivity contribution in [1.82, 2.24) is 24.5 Å². The predicted molar refractivity (Wildman–Crippen MR) is 127 cm³/mol. The lowest BCUT2D eigenvalue weighted by Crippen LogP contribution is -2.56. The van der Waals surface area contributed by atoms with Gasteiger partial charge in [-0.1, -0.05) is 0 Å². The molecule has 0 aliphatic carbocycles. The second-order valence-electron chi connectivity index (χ2n) is 9.29. The van der Waals surface area contributed by atoms with Crippen LogP contribution in [0, 0.1) is 17.1 Å².